The first-order valence-corrected chi connectivity index (χ1v) is 7.76. The zero-order chi connectivity index (χ0) is 14.1. The van der Waals surface area contributed by atoms with Crippen molar-refractivity contribution in [2.45, 2.75) is 51.1 Å². The van der Waals surface area contributed by atoms with Crippen LogP contribution in [-0.4, -0.2) is 22.9 Å². The number of hydrogen-bond donors (Lipinski definition) is 0. The van der Waals surface area contributed by atoms with E-state index in [1.807, 2.05) is 19.1 Å². The van der Waals surface area contributed by atoms with Crippen LogP contribution in [0.5, 0.6) is 0 Å². The van der Waals surface area contributed by atoms with Gasteiger partial charge in [0.05, 0.1) is 6.04 Å². The predicted molar refractivity (Wildman–Crippen MR) is 81.9 cm³/mol. The summed E-state index contributed by atoms with van der Waals surface area (Å²) in [5, 5.41) is 0.791. The van der Waals surface area contributed by atoms with E-state index >= 15 is 0 Å². The number of aryl methyl sites for hydroxylation is 2. The Bertz CT molecular complexity index is 552. The summed E-state index contributed by atoms with van der Waals surface area (Å²) in [6, 6.07) is 6.83. The van der Waals surface area contributed by atoms with Crippen LogP contribution in [0.15, 0.2) is 30.4 Å². The first kappa shape index (κ1) is 13.7. The maximum atomic E-state index is 12.5. The number of halogens is 1. The van der Waals surface area contributed by atoms with Gasteiger partial charge in [-0.1, -0.05) is 35.9 Å². The molecule has 2 aliphatic rings. The fourth-order valence-corrected chi connectivity index (χ4v) is 3.47. The number of rotatable bonds is 3. The summed E-state index contributed by atoms with van der Waals surface area (Å²) in [6.45, 7) is 2.00. The Kier molecular flexibility index (Phi) is 3.84. The molecule has 0 aliphatic carbocycles. The van der Waals surface area contributed by atoms with Crippen molar-refractivity contribution in [1.29, 1.82) is 0 Å². The molecule has 1 fully saturated rings. The van der Waals surface area contributed by atoms with Crippen LogP contribution in [0.1, 0.15) is 36.8 Å². The monoisotopic (exact) mass is 289 g/mol. The third kappa shape index (κ3) is 2.62. The van der Waals surface area contributed by atoms with Gasteiger partial charge in [0.2, 0.25) is 5.91 Å². The molecule has 0 aromatic heterocycles. The molecule has 3 heteroatoms. The minimum absolute atomic E-state index is 0.300. The highest BCUT2D eigenvalue weighted by atomic mass is 35.5. The third-order valence-corrected chi connectivity index (χ3v) is 4.87. The zero-order valence-electron chi connectivity index (χ0n) is 11.8. The summed E-state index contributed by atoms with van der Waals surface area (Å²) in [7, 11) is 0. The molecule has 2 unspecified atom stereocenters. The lowest BCUT2D eigenvalue weighted by Gasteiger charge is -2.31. The van der Waals surface area contributed by atoms with E-state index in [2.05, 4.69) is 23.1 Å². The molecule has 1 aromatic carbocycles. The molecule has 3 rings (SSSR count). The van der Waals surface area contributed by atoms with Crippen molar-refractivity contribution >= 4 is 17.5 Å². The maximum Gasteiger partial charge on any atom is 0.223 e. The topological polar surface area (TPSA) is 20.3 Å². The van der Waals surface area contributed by atoms with Crippen LogP contribution in [0.4, 0.5) is 0 Å². The molecule has 2 heterocycles. The number of amides is 1. The summed E-state index contributed by atoms with van der Waals surface area (Å²) >= 11 is 6.03. The SMILES string of the molecule is Cc1cc(CCC(=O)N2C3C=CCC2CC3)ccc1Cl. The van der Waals surface area contributed by atoms with Gasteiger partial charge in [-0.2, -0.15) is 0 Å². The van der Waals surface area contributed by atoms with Gasteiger partial charge in [0.15, 0.2) is 0 Å². The molecule has 20 heavy (non-hydrogen) atoms. The van der Waals surface area contributed by atoms with E-state index < -0.39 is 0 Å². The van der Waals surface area contributed by atoms with Crippen molar-refractivity contribution in [3.8, 4) is 0 Å². The summed E-state index contributed by atoms with van der Waals surface area (Å²) in [6.07, 6.45) is 9.15. The summed E-state index contributed by atoms with van der Waals surface area (Å²) in [5.74, 6) is 0.300. The van der Waals surface area contributed by atoms with Crippen LogP contribution in [0.2, 0.25) is 5.02 Å². The van der Waals surface area contributed by atoms with Crippen LogP contribution in [0.25, 0.3) is 0 Å². The Morgan fingerprint density at radius 1 is 1.40 bits per heavy atom. The smallest absolute Gasteiger partial charge is 0.223 e. The first-order valence-electron chi connectivity index (χ1n) is 7.38. The number of carbonyl (C=O) groups is 1. The quantitative estimate of drug-likeness (QED) is 0.773. The number of hydrogen-bond acceptors (Lipinski definition) is 1. The van der Waals surface area contributed by atoms with Gasteiger partial charge >= 0.3 is 0 Å². The Balaban J connectivity index is 1.62. The van der Waals surface area contributed by atoms with Crippen molar-refractivity contribution in [3.05, 3.63) is 46.5 Å². The second kappa shape index (κ2) is 5.61. The lowest BCUT2D eigenvalue weighted by molar-refractivity contribution is -0.133. The number of benzene rings is 1. The van der Waals surface area contributed by atoms with Gasteiger partial charge in [-0.25, -0.2) is 0 Å². The Morgan fingerprint density at radius 3 is 3.00 bits per heavy atom. The van der Waals surface area contributed by atoms with E-state index in [4.69, 9.17) is 11.6 Å². The van der Waals surface area contributed by atoms with Gasteiger partial charge in [-0.15, -0.1) is 0 Å². The second-order valence-electron chi connectivity index (χ2n) is 5.85. The minimum atomic E-state index is 0.300. The molecule has 1 aromatic rings. The molecule has 1 amide bonds. The van der Waals surface area contributed by atoms with Crippen molar-refractivity contribution in [2.24, 2.45) is 0 Å². The normalized spacial score (nSPS) is 24.2. The highest BCUT2D eigenvalue weighted by Gasteiger charge is 2.36. The van der Waals surface area contributed by atoms with Gasteiger partial charge < -0.3 is 4.90 Å². The van der Waals surface area contributed by atoms with Crippen LogP contribution in [-0.2, 0) is 11.2 Å². The molecule has 0 saturated carbocycles. The average Bonchev–Trinajstić information content (AvgIpc) is 2.69. The van der Waals surface area contributed by atoms with Crippen LogP contribution < -0.4 is 0 Å². The summed E-state index contributed by atoms with van der Waals surface area (Å²) < 4.78 is 0. The number of carbonyl (C=O) groups excluding carboxylic acids is 1. The van der Waals surface area contributed by atoms with Crippen molar-refractivity contribution < 1.29 is 4.79 Å². The van der Waals surface area contributed by atoms with Gasteiger partial charge in [0.1, 0.15) is 0 Å². The molecule has 106 valence electrons. The van der Waals surface area contributed by atoms with Crippen LogP contribution in [0.3, 0.4) is 0 Å². The van der Waals surface area contributed by atoms with Crippen molar-refractivity contribution in [2.75, 3.05) is 0 Å². The molecular weight excluding hydrogens is 270 g/mol. The van der Waals surface area contributed by atoms with Crippen molar-refractivity contribution in [1.82, 2.24) is 4.90 Å². The maximum absolute atomic E-state index is 12.5. The van der Waals surface area contributed by atoms with Crippen LogP contribution >= 0.6 is 11.6 Å². The van der Waals surface area contributed by atoms with Gasteiger partial charge in [-0.3, -0.25) is 4.79 Å². The Hall–Kier alpha value is -1.28. The highest BCUT2D eigenvalue weighted by molar-refractivity contribution is 6.31. The minimum Gasteiger partial charge on any atom is -0.333 e. The second-order valence-corrected chi connectivity index (χ2v) is 6.25. The lowest BCUT2D eigenvalue weighted by atomic mass is 10.0. The molecule has 1 saturated heterocycles. The molecule has 2 aliphatic heterocycles. The standard InChI is InChI=1S/C17H20ClNO/c1-12-11-13(5-9-16(12)18)6-10-17(20)19-14-3-2-4-15(19)8-7-14/h2-3,5,9,11,14-15H,4,6-8,10H2,1H3. The molecule has 2 nitrogen and oxygen atoms in total. The first-order chi connectivity index (χ1) is 9.65. The van der Waals surface area contributed by atoms with E-state index in [9.17, 15) is 4.79 Å². The molecule has 0 spiro atoms. The third-order valence-electron chi connectivity index (χ3n) is 4.45. The Morgan fingerprint density at radius 2 is 2.25 bits per heavy atom. The van der Waals surface area contributed by atoms with E-state index in [-0.39, 0.29) is 0 Å². The number of nitrogens with zero attached hydrogens (tertiary/aromatic N) is 1. The molecule has 2 atom stereocenters. The fraction of sp³-hybridized carbons (Fsp3) is 0.471. The molecule has 0 radical (unpaired) electrons. The van der Waals surface area contributed by atoms with Crippen LogP contribution in [0, 0.1) is 6.92 Å². The van der Waals surface area contributed by atoms with Gasteiger partial charge in [0, 0.05) is 17.5 Å². The lowest BCUT2D eigenvalue weighted by Crippen LogP contribution is -2.42. The zero-order valence-corrected chi connectivity index (χ0v) is 12.6. The molecule has 2 bridgehead atoms. The Labute approximate surface area is 125 Å². The van der Waals surface area contributed by atoms with E-state index in [1.165, 1.54) is 5.56 Å². The predicted octanol–water partition coefficient (Wildman–Crippen LogP) is 3.90. The summed E-state index contributed by atoms with van der Waals surface area (Å²) in [5.41, 5.74) is 2.28. The number of fused-ring (bicyclic) bond motifs is 2. The summed E-state index contributed by atoms with van der Waals surface area (Å²) in [4.78, 5) is 14.6. The van der Waals surface area contributed by atoms with E-state index in [1.54, 1.807) is 0 Å². The average molecular weight is 290 g/mol. The van der Waals surface area contributed by atoms with E-state index in [0.717, 1.165) is 36.3 Å². The van der Waals surface area contributed by atoms with Crippen molar-refractivity contribution in [3.63, 3.8) is 0 Å². The largest absolute Gasteiger partial charge is 0.333 e. The highest BCUT2D eigenvalue weighted by Crippen LogP contribution is 2.32. The molecule has 0 N–H and O–H groups in total. The fourth-order valence-electron chi connectivity index (χ4n) is 3.36. The molecular formula is C17H20ClNO. The van der Waals surface area contributed by atoms with Gasteiger partial charge in [0.25, 0.3) is 0 Å². The van der Waals surface area contributed by atoms with E-state index in [0.29, 0.717) is 24.4 Å². The van der Waals surface area contributed by atoms with Gasteiger partial charge in [-0.05, 0) is 49.8 Å².